The van der Waals surface area contributed by atoms with Crippen molar-refractivity contribution in [2.24, 2.45) is 5.92 Å². The standard InChI is InChI=1S/C15H23N3O2S/c1-4-6-16-15-17-13(12-5-9-21-14(12)18-15)20-8-7-19-10-11(2)3/h5,9,11H,4,6-8,10H2,1-3H3,(H,16,17,18). The fourth-order valence-electron chi connectivity index (χ4n) is 1.77. The van der Waals surface area contributed by atoms with Gasteiger partial charge in [0.25, 0.3) is 0 Å². The van der Waals surface area contributed by atoms with Gasteiger partial charge in [-0.1, -0.05) is 20.8 Å². The minimum Gasteiger partial charge on any atom is -0.475 e. The Hall–Kier alpha value is -1.40. The van der Waals surface area contributed by atoms with Gasteiger partial charge in [0, 0.05) is 13.2 Å². The molecule has 2 aromatic heterocycles. The zero-order valence-corrected chi connectivity index (χ0v) is 13.7. The van der Waals surface area contributed by atoms with Crippen molar-refractivity contribution in [2.45, 2.75) is 27.2 Å². The second-order valence-electron chi connectivity index (χ2n) is 5.24. The number of thiophene rings is 1. The van der Waals surface area contributed by atoms with Crippen LogP contribution in [0.25, 0.3) is 10.2 Å². The summed E-state index contributed by atoms with van der Waals surface area (Å²) in [7, 11) is 0. The van der Waals surface area contributed by atoms with Gasteiger partial charge < -0.3 is 14.8 Å². The van der Waals surface area contributed by atoms with E-state index in [1.165, 1.54) is 0 Å². The summed E-state index contributed by atoms with van der Waals surface area (Å²) in [4.78, 5) is 9.88. The Bertz CT molecular complexity index is 557. The lowest BCUT2D eigenvalue weighted by Gasteiger charge is -2.10. The Kier molecular flexibility index (Phi) is 6.20. The number of aromatic nitrogens is 2. The number of ether oxygens (including phenoxy) is 2. The van der Waals surface area contributed by atoms with Crippen LogP contribution in [-0.2, 0) is 4.74 Å². The predicted octanol–water partition coefficient (Wildman–Crippen LogP) is 3.56. The van der Waals surface area contributed by atoms with Crippen LogP contribution >= 0.6 is 11.3 Å². The van der Waals surface area contributed by atoms with Gasteiger partial charge in [-0.25, -0.2) is 4.98 Å². The molecule has 116 valence electrons. The van der Waals surface area contributed by atoms with E-state index in [1.54, 1.807) is 11.3 Å². The normalized spacial score (nSPS) is 11.2. The van der Waals surface area contributed by atoms with Crippen LogP contribution < -0.4 is 10.1 Å². The largest absolute Gasteiger partial charge is 0.475 e. The van der Waals surface area contributed by atoms with E-state index in [4.69, 9.17) is 9.47 Å². The lowest BCUT2D eigenvalue weighted by atomic mass is 10.2. The quantitative estimate of drug-likeness (QED) is 0.718. The summed E-state index contributed by atoms with van der Waals surface area (Å²) >= 11 is 1.59. The van der Waals surface area contributed by atoms with Crippen molar-refractivity contribution in [3.8, 4) is 5.88 Å². The molecule has 2 rings (SSSR count). The van der Waals surface area contributed by atoms with E-state index in [-0.39, 0.29) is 0 Å². The minimum absolute atomic E-state index is 0.502. The average Bonchev–Trinajstić information content (AvgIpc) is 2.92. The van der Waals surface area contributed by atoms with Crippen LogP contribution in [0.4, 0.5) is 5.95 Å². The van der Waals surface area contributed by atoms with Gasteiger partial charge in [0.05, 0.1) is 12.0 Å². The minimum atomic E-state index is 0.502. The smallest absolute Gasteiger partial charge is 0.227 e. The van der Waals surface area contributed by atoms with Crippen LogP contribution in [0, 0.1) is 5.92 Å². The Labute approximate surface area is 129 Å². The van der Waals surface area contributed by atoms with Gasteiger partial charge in [0.2, 0.25) is 11.8 Å². The Morgan fingerprint density at radius 2 is 2.14 bits per heavy atom. The van der Waals surface area contributed by atoms with E-state index >= 15 is 0 Å². The third kappa shape index (κ3) is 4.82. The fraction of sp³-hybridized carbons (Fsp3) is 0.600. The van der Waals surface area contributed by atoms with Gasteiger partial charge in [0.15, 0.2) is 0 Å². The zero-order valence-electron chi connectivity index (χ0n) is 12.9. The van der Waals surface area contributed by atoms with Crippen LogP contribution in [-0.4, -0.2) is 36.3 Å². The van der Waals surface area contributed by atoms with E-state index < -0.39 is 0 Å². The van der Waals surface area contributed by atoms with Gasteiger partial charge in [-0.3, -0.25) is 0 Å². The van der Waals surface area contributed by atoms with Crippen molar-refractivity contribution in [1.29, 1.82) is 0 Å². The maximum atomic E-state index is 5.77. The number of nitrogens with one attached hydrogen (secondary N) is 1. The molecule has 0 fully saturated rings. The summed E-state index contributed by atoms with van der Waals surface area (Å²) in [6, 6.07) is 1.99. The second-order valence-corrected chi connectivity index (χ2v) is 6.13. The monoisotopic (exact) mass is 309 g/mol. The SMILES string of the molecule is CCCNc1nc(OCCOCC(C)C)c2ccsc2n1. The van der Waals surface area contributed by atoms with Crippen LogP contribution in [0.3, 0.4) is 0 Å². The Morgan fingerprint density at radius 3 is 2.90 bits per heavy atom. The van der Waals surface area contributed by atoms with Crippen molar-refractivity contribution in [3.05, 3.63) is 11.4 Å². The third-order valence-corrected chi connectivity index (χ3v) is 3.55. The van der Waals surface area contributed by atoms with Crippen LogP contribution in [0.15, 0.2) is 11.4 Å². The van der Waals surface area contributed by atoms with E-state index in [0.29, 0.717) is 31.0 Å². The molecule has 1 N–H and O–H groups in total. The fourth-order valence-corrected chi connectivity index (χ4v) is 2.52. The van der Waals surface area contributed by atoms with Gasteiger partial charge in [-0.2, -0.15) is 4.98 Å². The molecule has 0 atom stereocenters. The lowest BCUT2D eigenvalue weighted by molar-refractivity contribution is 0.0811. The lowest BCUT2D eigenvalue weighted by Crippen LogP contribution is -2.12. The molecule has 0 saturated carbocycles. The first kappa shape index (κ1) is 16.0. The van der Waals surface area contributed by atoms with E-state index in [0.717, 1.165) is 29.8 Å². The number of fused-ring (bicyclic) bond motifs is 1. The average molecular weight is 309 g/mol. The molecular weight excluding hydrogens is 286 g/mol. The molecule has 0 radical (unpaired) electrons. The molecule has 6 heteroatoms. The molecule has 0 aromatic carbocycles. The number of nitrogens with zero attached hydrogens (tertiary/aromatic N) is 2. The van der Waals surface area contributed by atoms with E-state index in [9.17, 15) is 0 Å². The van der Waals surface area contributed by atoms with Crippen molar-refractivity contribution in [3.63, 3.8) is 0 Å². The molecule has 0 bridgehead atoms. The topological polar surface area (TPSA) is 56.3 Å². The molecule has 0 aliphatic heterocycles. The molecule has 0 aliphatic rings. The molecule has 0 unspecified atom stereocenters. The van der Waals surface area contributed by atoms with Crippen LogP contribution in [0.2, 0.25) is 0 Å². The highest BCUT2D eigenvalue weighted by atomic mass is 32.1. The third-order valence-electron chi connectivity index (χ3n) is 2.74. The predicted molar refractivity (Wildman–Crippen MR) is 87.3 cm³/mol. The number of rotatable bonds is 9. The number of anilines is 1. The van der Waals surface area contributed by atoms with Crippen LogP contribution in [0.5, 0.6) is 5.88 Å². The van der Waals surface area contributed by atoms with Gasteiger partial charge in [-0.15, -0.1) is 11.3 Å². The molecule has 0 saturated heterocycles. The molecular formula is C15H23N3O2S. The van der Waals surface area contributed by atoms with Crippen molar-refractivity contribution in [1.82, 2.24) is 9.97 Å². The Balaban J connectivity index is 1.98. The molecule has 0 aliphatic carbocycles. The summed E-state index contributed by atoms with van der Waals surface area (Å²) in [6.45, 7) is 9.06. The van der Waals surface area contributed by atoms with Gasteiger partial charge >= 0.3 is 0 Å². The highest BCUT2D eigenvalue weighted by molar-refractivity contribution is 7.16. The van der Waals surface area contributed by atoms with Crippen LogP contribution in [0.1, 0.15) is 27.2 Å². The summed E-state index contributed by atoms with van der Waals surface area (Å²) in [6.07, 6.45) is 1.03. The summed E-state index contributed by atoms with van der Waals surface area (Å²) in [5, 5.41) is 6.18. The summed E-state index contributed by atoms with van der Waals surface area (Å²) < 4.78 is 11.3. The molecule has 0 amide bonds. The highest BCUT2D eigenvalue weighted by Crippen LogP contribution is 2.28. The number of hydrogen-bond donors (Lipinski definition) is 1. The first-order valence-corrected chi connectivity index (χ1v) is 8.28. The molecule has 2 heterocycles. The highest BCUT2D eigenvalue weighted by Gasteiger charge is 2.10. The molecule has 21 heavy (non-hydrogen) atoms. The van der Waals surface area contributed by atoms with Gasteiger partial charge in [-0.05, 0) is 23.8 Å². The summed E-state index contributed by atoms with van der Waals surface area (Å²) in [5.41, 5.74) is 0. The van der Waals surface area contributed by atoms with Crippen molar-refractivity contribution >= 4 is 27.5 Å². The van der Waals surface area contributed by atoms with E-state index in [2.05, 4.69) is 36.1 Å². The summed E-state index contributed by atoms with van der Waals surface area (Å²) in [5.74, 6) is 1.80. The number of hydrogen-bond acceptors (Lipinski definition) is 6. The first-order chi connectivity index (χ1) is 10.2. The van der Waals surface area contributed by atoms with Crippen molar-refractivity contribution < 1.29 is 9.47 Å². The molecule has 0 spiro atoms. The molecule has 2 aromatic rings. The van der Waals surface area contributed by atoms with Gasteiger partial charge in [0.1, 0.15) is 11.4 Å². The maximum Gasteiger partial charge on any atom is 0.227 e. The van der Waals surface area contributed by atoms with E-state index in [1.807, 2.05) is 11.4 Å². The Morgan fingerprint density at radius 1 is 1.29 bits per heavy atom. The van der Waals surface area contributed by atoms with Crippen molar-refractivity contribution in [2.75, 3.05) is 31.7 Å². The second kappa shape index (κ2) is 8.14. The zero-order chi connectivity index (χ0) is 15.1. The first-order valence-electron chi connectivity index (χ1n) is 7.40. The molecule has 5 nitrogen and oxygen atoms in total. The maximum absolute atomic E-state index is 5.77.